The van der Waals surface area contributed by atoms with Crippen LogP contribution in [0.3, 0.4) is 0 Å². The average molecular weight is 302 g/mol. The van der Waals surface area contributed by atoms with Gasteiger partial charge in [-0.05, 0) is 6.42 Å². The number of carbonyl (C=O) groups excluding carboxylic acids is 1. The van der Waals surface area contributed by atoms with Gasteiger partial charge in [0.1, 0.15) is 0 Å². The minimum atomic E-state index is -1.16. The number of hydrogen-bond donors (Lipinski definition) is 2. The maximum Gasteiger partial charge on any atom is 0.328 e. The molecule has 2 N–H and O–H groups in total. The number of thiazole rings is 1. The molecule has 21 heavy (non-hydrogen) atoms. The molecule has 0 spiro atoms. The Balaban J connectivity index is 2.21. The van der Waals surface area contributed by atoms with Gasteiger partial charge in [0.2, 0.25) is 5.91 Å². The monoisotopic (exact) mass is 302 g/mol. The topological polar surface area (TPSA) is 79.3 Å². The molecule has 0 aliphatic rings. The van der Waals surface area contributed by atoms with E-state index in [9.17, 15) is 9.59 Å². The minimum Gasteiger partial charge on any atom is -0.478 e. The number of carboxylic acid groups (broad SMARTS) is 1. The standard InChI is InChI=1S/C15H14N2O3S/c1-2-11-14(10-6-4-3-5-7-10)17-15(21-11)16-12(18)8-9-13(19)20/h3-9H,2H2,1H3,(H,19,20)(H,16,17,18). The quantitative estimate of drug-likeness (QED) is 0.832. The fourth-order valence-electron chi connectivity index (χ4n) is 1.76. The molecule has 0 saturated heterocycles. The smallest absolute Gasteiger partial charge is 0.328 e. The second-order valence-electron chi connectivity index (χ2n) is 4.17. The lowest BCUT2D eigenvalue weighted by atomic mass is 10.1. The third-order valence-corrected chi connectivity index (χ3v) is 3.79. The molecule has 2 rings (SSSR count). The van der Waals surface area contributed by atoms with Crippen LogP contribution in [0.4, 0.5) is 5.13 Å². The van der Waals surface area contributed by atoms with Crippen LogP contribution < -0.4 is 5.32 Å². The van der Waals surface area contributed by atoms with E-state index in [4.69, 9.17) is 5.11 Å². The summed E-state index contributed by atoms with van der Waals surface area (Å²) in [5.41, 5.74) is 1.84. The fraction of sp³-hybridized carbons (Fsp3) is 0.133. The van der Waals surface area contributed by atoms with Gasteiger partial charge in [-0.25, -0.2) is 9.78 Å². The summed E-state index contributed by atoms with van der Waals surface area (Å²) in [6, 6.07) is 9.72. The number of benzene rings is 1. The number of nitrogens with one attached hydrogen (secondary N) is 1. The van der Waals surface area contributed by atoms with Crippen molar-refractivity contribution in [2.45, 2.75) is 13.3 Å². The van der Waals surface area contributed by atoms with Crippen molar-refractivity contribution >= 4 is 28.3 Å². The van der Waals surface area contributed by atoms with Crippen LogP contribution in [-0.4, -0.2) is 22.0 Å². The Morgan fingerprint density at radius 1 is 1.29 bits per heavy atom. The highest BCUT2D eigenvalue weighted by atomic mass is 32.1. The first kappa shape index (κ1) is 14.9. The molecule has 1 aromatic carbocycles. The largest absolute Gasteiger partial charge is 0.478 e. The van der Waals surface area contributed by atoms with Gasteiger partial charge in [-0.1, -0.05) is 37.3 Å². The summed E-state index contributed by atoms with van der Waals surface area (Å²) in [6.45, 7) is 2.02. The number of aromatic nitrogens is 1. The second-order valence-corrected chi connectivity index (χ2v) is 5.25. The van der Waals surface area contributed by atoms with Gasteiger partial charge in [-0.15, -0.1) is 11.3 Å². The lowest BCUT2D eigenvalue weighted by Gasteiger charge is -1.98. The molecule has 6 heteroatoms. The first-order valence-corrected chi connectivity index (χ1v) is 7.19. The van der Waals surface area contributed by atoms with Crippen molar-refractivity contribution in [3.05, 3.63) is 47.4 Å². The van der Waals surface area contributed by atoms with Crippen molar-refractivity contribution in [2.75, 3.05) is 5.32 Å². The van der Waals surface area contributed by atoms with Crippen LogP contribution in [0.2, 0.25) is 0 Å². The zero-order valence-corrected chi connectivity index (χ0v) is 12.2. The predicted octanol–water partition coefficient (Wildman–Crippen LogP) is 2.95. The zero-order valence-electron chi connectivity index (χ0n) is 11.4. The predicted molar refractivity (Wildman–Crippen MR) is 82.3 cm³/mol. The number of aryl methyl sites for hydroxylation is 1. The van der Waals surface area contributed by atoms with Crippen LogP contribution in [0.15, 0.2) is 42.5 Å². The highest BCUT2D eigenvalue weighted by Gasteiger charge is 2.12. The van der Waals surface area contributed by atoms with E-state index in [2.05, 4.69) is 10.3 Å². The van der Waals surface area contributed by atoms with E-state index in [0.29, 0.717) is 5.13 Å². The molecule has 0 fully saturated rings. The Hall–Kier alpha value is -2.47. The van der Waals surface area contributed by atoms with E-state index in [1.165, 1.54) is 11.3 Å². The minimum absolute atomic E-state index is 0.464. The Morgan fingerprint density at radius 2 is 2.00 bits per heavy atom. The maximum absolute atomic E-state index is 11.6. The highest BCUT2D eigenvalue weighted by molar-refractivity contribution is 7.16. The molecule has 108 valence electrons. The number of aliphatic carboxylic acids is 1. The van der Waals surface area contributed by atoms with Crippen LogP contribution in [0, 0.1) is 0 Å². The number of anilines is 1. The maximum atomic E-state index is 11.6. The number of carboxylic acids is 1. The molecule has 0 bridgehead atoms. The Morgan fingerprint density at radius 3 is 2.62 bits per heavy atom. The van der Waals surface area contributed by atoms with Gasteiger partial charge in [-0.3, -0.25) is 10.1 Å². The Bertz CT molecular complexity index is 677. The summed E-state index contributed by atoms with van der Waals surface area (Å²) in [4.78, 5) is 27.4. The molecule has 2 aromatic rings. The highest BCUT2D eigenvalue weighted by Crippen LogP contribution is 2.31. The van der Waals surface area contributed by atoms with Crippen molar-refractivity contribution in [3.8, 4) is 11.3 Å². The normalized spacial score (nSPS) is 10.7. The zero-order chi connectivity index (χ0) is 15.2. The molecule has 1 aromatic heterocycles. The molecular weight excluding hydrogens is 288 g/mol. The van der Waals surface area contributed by atoms with Crippen LogP contribution in [0.1, 0.15) is 11.8 Å². The van der Waals surface area contributed by atoms with Crippen molar-refractivity contribution in [1.82, 2.24) is 4.98 Å². The van der Waals surface area contributed by atoms with Gasteiger partial charge < -0.3 is 5.11 Å². The molecule has 0 saturated carbocycles. The summed E-state index contributed by atoms with van der Waals surface area (Å²) in [5.74, 6) is -1.67. The average Bonchev–Trinajstić information content (AvgIpc) is 2.89. The summed E-state index contributed by atoms with van der Waals surface area (Å²) in [6.07, 6.45) is 2.57. The first-order chi connectivity index (χ1) is 10.1. The summed E-state index contributed by atoms with van der Waals surface area (Å²) in [7, 11) is 0. The number of rotatable bonds is 5. The number of amides is 1. The van der Waals surface area contributed by atoms with E-state index in [1.807, 2.05) is 37.3 Å². The van der Waals surface area contributed by atoms with Crippen molar-refractivity contribution < 1.29 is 14.7 Å². The lowest BCUT2D eigenvalue weighted by molar-refractivity contribution is -0.131. The van der Waals surface area contributed by atoms with Crippen molar-refractivity contribution in [3.63, 3.8) is 0 Å². The van der Waals surface area contributed by atoms with Gasteiger partial charge in [0.25, 0.3) is 0 Å². The van der Waals surface area contributed by atoms with Crippen LogP contribution in [0.5, 0.6) is 0 Å². The molecule has 0 unspecified atom stereocenters. The number of nitrogens with zero attached hydrogens (tertiary/aromatic N) is 1. The molecule has 1 amide bonds. The van der Waals surface area contributed by atoms with Crippen LogP contribution in [0.25, 0.3) is 11.3 Å². The first-order valence-electron chi connectivity index (χ1n) is 6.37. The van der Waals surface area contributed by atoms with Gasteiger partial charge >= 0.3 is 5.97 Å². The number of carbonyl (C=O) groups is 2. The second kappa shape index (κ2) is 6.81. The van der Waals surface area contributed by atoms with Gasteiger partial charge in [0.15, 0.2) is 5.13 Å². The molecule has 0 aliphatic carbocycles. The molecule has 0 aliphatic heterocycles. The molecule has 0 atom stereocenters. The van der Waals surface area contributed by atoms with E-state index >= 15 is 0 Å². The third kappa shape index (κ3) is 4.00. The van der Waals surface area contributed by atoms with E-state index in [1.54, 1.807) is 0 Å². The van der Waals surface area contributed by atoms with Crippen LogP contribution in [-0.2, 0) is 16.0 Å². The summed E-state index contributed by atoms with van der Waals surface area (Å²) in [5, 5.41) is 11.5. The van der Waals surface area contributed by atoms with Crippen LogP contribution >= 0.6 is 11.3 Å². The molecule has 5 nitrogen and oxygen atoms in total. The fourth-order valence-corrected chi connectivity index (χ4v) is 2.69. The van der Waals surface area contributed by atoms with E-state index < -0.39 is 11.9 Å². The van der Waals surface area contributed by atoms with E-state index in [0.717, 1.165) is 34.7 Å². The number of hydrogen-bond acceptors (Lipinski definition) is 4. The van der Waals surface area contributed by atoms with Gasteiger partial charge in [0.05, 0.1) is 5.69 Å². The lowest BCUT2D eigenvalue weighted by Crippen LogP contribution is -2.08. The summed E-state index contributed by atoms with van der Waals surface area (Å²) < 4.78 is 0. The van der Waals surface area contributed by atoms with E-state index in [-0.39, 0.29) is 0 Å². The molecular formula is C15H14N2O3S. The SMILES string of the molecule is CCc1sc(NC(=O)C=CC(=O)O)nc1-c1ccccc1. The molecule has 1 heterocycles. The Kier molecular flexibility index (Phi) is 4.84. The Labute approximate surface area is 126 Å². The van der Waals surface area contributed by atoms with Gasteiger partial charge in [0, 0.05) is 22.6 Å². The summed E-state index contributed by atoms with van der Waals surface area (Å²) >= 11 is 1.39. The molecule has 0 radical (unpaired) electrons. The third-order valence-electron chi connectivity index (χ3n) is 2.67. The van der Waals surface area contributed by atoms with Crippen molar-refractivity contribution in [2.24, 2.45) is 0 Å². The van der Waals surface area contributed by atoms with Gasteiger partial charge in [-0.2, -0.15) is 0 Å². The van der Waals surface area contributed by atoms with Crippen molar-refractivity contribution in [1.29, 1.82) is 0 Å².